The largest absolute Gasteiger partial charge is 0.369 e. The highest BCUT2D eigenvalue weighted by atomic mass is 19.1. The van der Waals surface area contributed by atoms with Crippen LogP contribution in [0.1, 0.15) is 5.56 Å². The number of nitrogens with zero attached hydrogens (tertiary/aromatic N) is 4. The van der Waals surface area contributed by atoms with Gasteiger partial charge in [-0.15, -0.1) is 5.10 Å². The molecule has 1 saturated heterocycles. The smallest absolute Gasteiger partial charge is 0.211 e. The van der Waals surface area contributed by atoms with Gasteiger partial charge in [-0.2, -0.15) is 5.10 Å². The molecule has 0 unspecified atom stereocenters. The number of guanidine groups is 1. The lowest BCUT2D eigenvalue weighted by atomic mass is 10.1. The lowest BCUT2D eigenvalue weighted by molar-refractivity contribution is 0.311. The Balaban J connectivity index is 2.16. The van der Waals surface area contributed by atoms with Crippen LogP contribution in [0.15, 0.2) is 28.4 Å². The number of benzene rings is 1. The zero-order chi connectivity index (χ0) is 14.5. The summed E-state index contributed by atoms with van der Waals surface area (Å²) in [5, 5.41) is 7.25. The first kappa shape index (κ1) is 14.3. The van der Waals surface area contributed by atoms with Gasteiger partial charge in [-0.3, -0.25) is 0 Å². The van der Waals surface area contributed by atoms with Crippen molar-refractivity contribution < 1.29 is 4.39 Å². The summed E-state index contributed by atoms with van der Waals surface area (Å²) in [4.78, 5) is 4.26. The van der Waals surface area contributed by atoms with E-state index in [4.69, 9.17) is 11.5 Å². The van der Waals surface area contributed by atoms with E-state index in [0.29, 0.717) is 5.69 Å². The maximum absolute atomic E-state index is 13.9. The molecule has 7 heteroatoms. The van der Waals surface area contributed by atoms with Gasteiger partial charge >= 0.3 is 0 Å². The quantitative estimate of drug-likeness (QED) is 0.469. The Morgan fingerprint density at radius 2 is 1.95 bits per heavy atom. The molecule has 108 valence electrons. The molecule has 0 atom stereocenters. The van der Waals surface area contributed by atoms with Crippen LogP contribution in [0.2, 0.25) is 0 Å². The number of hydrogen-bond acceptors (Lipinski definition) is 4. The summed E-state index contributed by atoms with van der Waals surface area (Å²) in [5.74, 6) is -0.337. The van der Waals surface area contributed by atoms with Gasteiger partial charge in [0.05, 0.1) is 11.9 Å². The van der Waals surface area contributed by atoms with Crippen LogP contribution in [0.3, 0.4) is 0 Å². The molecule has 0 aliphatic carbocycles. The highest BCUT2D eigenvalue weighted by Gasteiger charge is 2.17. The van der Waals surface area contributed by atoms with E-state index in [9.17, 15) is 4.39 Å². The monoisotopic (exact) mass is 278 g/mol. The Hall–Kier alpha value is -2.15. The van der Waals surface area contributed by atoms with Crippen molar-refractivity contribution in [3.8, 4) is 0 Å². The lowest BCUT2D eigenvalue weighted by Crippen LogP contribution is -2.44. The molecule has 1 fully saturated rings. The van der Waals surface area contributed by atoms with Crippen molar-refractivity contribution in [1.82, 2.24) is 4.90 Å². The van der Waals surface area contributed by atoms with E-state index in [1.54, 1.807) is 12.1 Å². The van der Waals surface area contributed by atoms with Gasteiger partial charge in [0.1, 0.15) is 5.82 Å². The van der Waals surface area contributed by atoms with Gasteiger partial charge in [0, 0.05) is 26.2 Å². The third-order valence-electron chi connectivity index (χ3n) is 3.19. The fourth-order valence-corrected chi connectivity index (χ4v) is 2.06. The molecular formula is C13H19FN6. The topological polar surface area (TPSA) is 83.2 Å². The minimum Gasteiger partial charge on any atom is -0.369 e. The predicted octanol–water partition coefficient (Wildman–Crippen LogP) is 0.185. The van der Waals surface area contributed by atoms with Gasteiger partial charge < -0.3 is 21.3 Å². The number of piperazine rings is 1. The highest BCUT2D eigenvalue weighted by molar-refractivity contribution is 5.83. The Bertz CT molecular complexity index is 516. The van der Waals surface area contributed by atoms with E-state index in [1.807, 2.05) is 4.90 Å². The molecule has 1 aromatic carbocycles. The van der Waals surface area contributed by atoms with Crippen LogP contribution in [0, 0.1) is 5.82 Å². The summed E-state index contributed by atoms with van der Waals surface area (Å²) in [6.45, 7) is 3.46. The Morgan fingerprint density at radius 1 is 1.25 bits per heavy atom. The molecule has 0 amide bonds. The molecule has 1 heterocycles. The summed E-state index contributed by atoms with van der Waals surface area (Å²) in [6, 6.07) is 4.83. The van der Waals surface area contributed by atoms with Crippen LogP contribution in [0.5, 0.6) is 0 Å². The predicted molar refractivity (Wildman–Crippen MR) is 79.5 cm³/mol. The molecule has 0 radical (unpaired) electrons. The Labute approximate surface area is 117 Å². The summed E-state index contributed by atoms with van der Waals surface area (Å²) < 4.78 is 13.9. The van der Waals surface area contributed by atoms with Gasteiger partial charge in [-0.1, -0.05) is 6.07 Å². The van der Waals surface area contributed by atoms with E-state index in [-0.39, 0.29) is 11.8 Å². The fourth-order valence-electron chi connectivity index (χ4n) is 2.06. The van der Waals surface area contributed by atoms with Crippen molar-refractivity contribution >= 4 is 17.9 Å². The van der Waals surface area contributed by atoms with Crippen LogP contribution in [0.4, 0.5) is 10.1 Å². The molecule has 1 aliphatic heterocycles. The molecule has 20 heavy (non-hydrogen) atoms. The highest BCUT2D eigenvalue weighted by Crippen LogP contribution is 2.21. The number of anilines is 1. The zero-order valence-corrected chi connectivity index (χ0v) is 11.5. The molecular weight excluding hydrogens is 259 g/mol. The Kier molecular flexibility index (Phi) is 4.52. The fraction of sp³-hybridized carbons (Fsp3) is 0.385. The normalized spacial score (nSPS) is 16.6. The summed E-state index contributed by atoms with van der Waals surface area (Å²) in [6.07, 6.45) is 1.50. The minimum absolute atomic E-state index is 0.109. The second-order valence-corrected chi connectivity index (χ2v) is 4.77. The van der Waals surface area contributed by atoms with Crippen LogP contribution in [-0.4, -0.2) is 50.3 Å². The molecule has 1 aliphatic rings. The summed E-state index contributed by atoms with van der Waals surface area (Å²) in [5.41, 5.74) is 11.7. The van der Waals surface area contributed by atoms with Crippen LogP contribution < -0.4 is 16.4 Å². The average molecular weight is 278 g/mol. The molecule has 0 spiro atoms. The minimum atomic E-state index is -0.228. The molecule has 0 aromatic heterocycles. The first-order valence-corrected chi connectivity index (χ1v) is 6.41. The number of nitrogens with two attached hydrogens (primary N) is 2. The molecule has 6 nitrogen and oxygen atoms in total. The number of likely N-dealkylation sites (N-methyl/N-ethyl adjacent to an activating group) is 1. The van der Waals surface area contributed by atoms with Crippen molar-refractivity contribution in [2.75, 3.05) is 38.1 Å². The van der Waals surface area contributed by atoms with Gasteiger partial charge in [0.15, 0.2) is 0 Å². The average Bonchev–Trinajstić information content (AvgIpc) is 2.41. The van der Waals surface area contributed by atoms with Crippen molar-refractivity contribution in [3.05, 3.63) is 29.6 Å². The first-order chi connectivity index (χ1) is 9.56. The number of rotatable bonds is 3. The number of hydrogen-bond donors (Lipinski definition) is 2. The second kappa shape index (κ2) is 6.33. The molecule has 4 N–H and O–H groups in total. The van der Waals surface area contributed by atoms with E-state index >= 15 is 0 Å². The summed E-state index contributed by atoms with van der Waals surface area (Å²) in [7, 11) is 2.06. The van der Waals surface area contributed by atoms with Crippen molar-refractivity contribution in [2.45, 2.75) is 0 Å². The number of halogens is 1. The van der Waals surface area contributed by atoms with E-state index in [0.717, 1.165) is 31.7 Å². The van der Waals surface area contributed by atoms with Gasteiger partial charge in [0.2, 0.25) is 5.96 Å². The van der Waals surface area contributed by atoms with Gasteiger partial charge in [-0.25, -0.2) is 4.39 Å². The van der Waals surface area contributed by atoms with Crippen molar-refractivity contribution in [3.63, 3.8) is 0 Å². The standard InChI is InChI=1S/C13H19FN6/c1-19-4-6-20(7-5-19)12-8-10(2-3-11(12)14)9-17-18-13(15)16/h2-3,8-9H,4-7H2,1H3,(H4,15,16,18). The third-order valence-corrected chi connectivity index (χ3v) is 3.19. The van der Waals surface area contributed by atoms with Crippen molar-refractivity contribution in [1.29, 1.82) is 0 Å². The SMILES string of the molecule is CN1CCN(c2cc(C=NN=C(N)N)ccc2F)CC1. The molecule has 0 bridgehead atoms. The maximum Gasteiger partial charge on any atom is 0.211 e. The van der Waals surface area contributed by atoms with Crippen molar-refractivity contribution in [2.24, 2.45) is 21.7 Å². The second-order valence-electron chi connectivity index (χ2n) is 4.77. The maximum atomic E-state index is 13.9. The molecule has 1 aromatic rings. The first-order valence-electron chi connectivity index (χ1n) is 6.41. The summed E-state index contributed by atoms with van der Waals surface area (Å²) >= 11 is 0. The van der Waals surface area contributed by atoms with E-state index in [1.165, 1.54) is 12.3 Å². The zero-order valence-electron chi connectivity index (χ0n) is 11.5. The third kappa shape index (κ3) is 3.67. The van der Waals surface area contributed by atoms with E-state index in [2.05, 4.69) is 22.2 Å². The van der Waals surface area contributed by atoms with Gasteiger partial charge in [-0.05, 0) is 24.7 Å². The molecule has 2 rings (SSSR count). The lowest BCUT2D eigenvalue weighted by Gasteiger charge is -2.34. The van der Waals surface area contributed by atoms with Crippen LogP contribution in [-0.2, 0) is 0 Å². The van der Waals surface area contributed by atoms with Gasteiger partial charge in [0.25, 0.3) is 0 Å². The Morgan fingerprint density at radius 3 is 2.60 bits per heavy atom. The van der Waals surface area contributed by atoms with Crippen LogP contribution >= 0.6 is 0 Å². The molecule has 0 saturated carbocycles. The van der Waals surface area contributed by atoms with E-state index < -0.39 is 0 Å². The van der Waals surface area contributed by atoms with Crippen LogP contribution in [0.25, 0.3) is 0 Å².